The standard InChI is InChI=1S/C14H27N3O.HI/c1-14(2)11(8-12(14)18-4)17-13(15-3)16-9-10-6-5-7-10;/h10-12H,5-9H2,1-4H3,(H2,15,16,17);1H. The summed E-state index contributed by atoms with van der Waals surface area (Å²) in [5, 5.41) is 6.96. The van der Waals surface area contributed by atoms with Crippen LogP contribution in [0.2, 0.25) is 0 Å². The zero-order valence-corrected chi connectivity index (χ0v) is 14.9. The van der Waals surface area contributed by atoms with Crippen LogP contribution in [-0.2, 0) is 4.74 Å². The lowest BCUT2D eigenvalue weighted by Crippen LogP contribution is -2.63. The first-order chi connectivity index (χ1) is 8.57. The molecule has 2 aliphatic carbocycles. The van der Waals surface area contributed by atoms with E-state index in [1.165, 1.54) is 19.3 Å². The van der Waals surface area contributed by atoms with Crippen LogP contribution < -0.4 is 10.6 Å². The third-order valence-corrected chi connectivity index (χ3v) is 4.78. The van der Waals surface area contributed by atoms with Crippen LogP contribution in [0.5, 0.6) is 0 Å². The maximum atomic E-state index is 5.47. The van der Waals surface area contributed by atoms with E-state index in [1.54, 1.807) is 7.11 Å². The van der Waals surface area contributed by atoms with Crippen molar-refractivity contribution in [2.75, 3.05) is 20.7 Å². The van der Waals surface area contributed by atoms with Crippen LogP contribution >= 0.6 is 24.0 Å². The van der Waals surface area contributed by atoms with Crippen LogP contribution in [0, 0.1) is 11.3 Å². The van der Waals surface area contributed by atoms with Gasteiger partial charge in [0.2, 0.25) is 0 Å². The van der Waals surface area contributed by atoms with Crippen LogP contribution in [0.15, 0.2) is 4.99 Å². The molecule has 0 aromatic carbocycles. The Balaban J connectivity index is 0.00000180. The molecule has 2 atom stereocenters. The van der Waals surface area contributed by atoms with E-state index in [1.807, 2.05) is 7.05 Å². The Morgan fingerprint density at radius 2 is 2.05 bits per heavy atom. The Kier molecular flexibility index (Phi) is 6.36. The fraction of sp³-hybridized carbons (Fsp3) is 0.929. The molecule has 2 saturated carbocycles. The van der Waals surface area contributed by atoms with Crippen LogP contribution in [0.3, 0.4) is 0 Å². The molecule has 2 N–H and O–H groups in total. The molecular formula is C14H28IN3O. The normalized spacial score (nSPS) is 29.8. The lowest BCUT2D eigenvalue weighted by molar-refractivity contribution is -0.0922. The number of halogens is 1. The molecule has 0 bridgehead atoms. The highest BCUT2D eigenvalue weighted by Crippen LogP contribution is 2.42. The predicted molar refractivity (Wildman–Crippen MR) is 90.2 cm³/mol. The van der Waals surface area contributed by atoms with E-state index in [-0.39, 0.29) is 29.4 Å². The molecule has 19 heavy (non-hydrogen) atoms. The topological polar surface area (TPSA) is 45.7 Å². The zero-order chi connectivity index (χ0) is 13.2. The molecular weight excluding hydrogens is 353 g/mol. The lowest BCUT2D eigenvalue weighted by atomic mass is 9.64. The van der Waals surface area contributed by atoms with Crippen molar-refractivity contribution in [2.45, 2.75) is 51.7 Å². The van der Waals surface area contributed by atoms with E-state index in [0.717, 1.165) is 24.8 Å². The highest BCUT2D eigenvalue weighted by atomic mass is 127. The van der Waals surface area contributed by atoms with Crippen molar-refractivity contribution >= 4 is 29.9 Å². The summed E-state index contributed by atoms with van der Waals surface area (Å²) < 4.78 is 5.47. The third-order valence-electron chi connectivity index (χ3n) is 4.78. The molecule has 4 nitrogen and oxygen atoms in total. The zero-order valence-electron chi connectivity index (χ0n) is 12.5. The van der Waals surface area contributed by atoms with E-state index < -0.39 is 0 Å². The summed E-state index contributed by atoms with van der Waals surface area (Å²) in [5.74, 6) is 1.79. The van der Waals surface area contributed by atoms with Gasteiger partial charge >= 0.3 is 0 Å². The fourth-order valence-electron chi connectivity index (χ4n) is 2.83. The Morgan fingerprint density at radius 3 is 2.47 bits per heavy atom. The van der Waals surface area contributed by atoms with E-state index in [0.29, 0.717) is 12.1 Å². The van der Waals surface area contributed by atoms with Gasteiger partial charge in [-0.1, -0.05) is 20.3 Å². The summed E-state index contributed by atoms with van der Waals surface area (Å²) in [5.41, 5.74) is 0.183. The van der Waals surface area contributed by atoms with Crippen molar-refractivity contribution in [1.29, 1.82) is 0 Å². The first kappa shape index (κ1) is 17.0. The Labute approximate surface area is 134 Å². The highest BCUT2D eigenvalue weighted by molar-refractivity contribution is 14.0. The maximum Gasteiger partial charge on any atom is 0.191 e. The van der Waals surface area contributed by atoms with Gasteiger partial charge in [-0.2, -0.15) is 0 Å². The second-order valence-corrected chi connectivity index (χ2v) is 6.23. The Bertz CT molecular complexity index is 316. The third kappa shape index (κ3) is 3.74. The highest BCUT2D eigenvalue weighted by Gasteiger charge is 2.48. The van der Waals surface area contributed by atoms with Crippen molar-refractivity contribution in [3.8, 4) is 0 Å². The SMILES string of the molecule is CN=C(NCC1CCC1)NC1CC(OC)C1(C)C.I. The molecule has 112 valence electrons. The summed E-state index contributed by atoms with van der Waals surface area (Å²) in [7, 11) is 3.64. The van der Waals surface area contributed by atoms with Gasteiger partial charge in [-0.25, -0.2) is 0 Å². The van der Waals surface area contributed by atoms with Crippen LogP contribution in [0.25, 0.3) is 0 Å². The second kappa shape index (κ2) is 7.11. The monoisotopic (exact) mass is 381 g/mol. The van der Waals surface area contributed by atoms with Gasteiger partial charge in [0.15, 0.2) is 5.96 Å². The average molecular weight is 381 g/mol. The molecule has 0 radical (unpaired) electrons. The molecule has 0 aromatic heterocycles. The van der Waals surface area contributed by atoms with Gasteiger partial charge in [0.1, 0.15) is 0 Å². The van der Waals surface area contributed by atoms with Crippen LogP contribution in [0.1, 0.15) is 39.5 Å². The van der Waals surface area contributed by atoms with Crippen molar-refractivity contribution in [3.05, 3.63) is 0 Å². The average Bonchev–Trinajstić information content (AvgIpc) is 2.29. The molecule has 0 amide bonds. The summed E-state index contributed by atoms with van der Waals surface area (Å²) in [4.78, 5) is 4.31. The number of guanidine groups is 1. The minimum atomic E-state index is 0. The fourth-order valence-corrected chi connectivity index (χ4v) is 2.83. The van der Waals surface area contributed by atoms with Crippen molar-refractivity contribution < 1.29 is 4.74 Å². The second-order valence-electron chi connectivity index (χ2n) is 6.23. The van der Waals surface area contributed by atoms with Gasteiger partial charge in [0.25, 0.3) is 0 Å². The number of rotatable bonds is 4. The number of hydrogen-bond acceptors (Lipinski definition) is 2. The first-order valence-corrected chi connectivity index (χ1v) is 7.08. The molecule has 2 unspecified atom stereocenters. The van der Waals surface area contributed by atoms with E-state index in [2.05, 4.69) is 29.5 Å². The molecule has 2 fully saturated rings. The quantitative estimate of drug-likeness (QED) is 0.447. The van der Waals surface area contributed by atoms with Gasteiger partial charge in [0, 0.05) is 32.2 Å². The molecule has 5 heteroatoms. The Morgan fingerprint density at radius 1 is 1.37 bits per heavy atom. The largest absolute Gasteiger partial charge is 0.381 e. The van der Waals surface area contributed by atoms with Gasteiger partial charge in [-0.3, -0.25) is 4.99 Å². The van der Waals surface area contributed by atoms with E-state index >= 15 is 0 Å². The van der Waals surface area contributed by atoms with Gasteiger partial charge in [-0.15, -0.1) is 24.0 Å². The van der Waals surface area contributed by atoms with Gasteiger partial charge < -0.3 is 15.4 Å². The number of hydrogen-bond donors (Lipinski definition) is 2. The molecule has 2 aliphatic rings. The summed E-state index contributed by atoms with van der Waals surface area (Å²) >= 11 is 0. The minimum Gasteiger partial charge on any atom is -0.381 e. The molecule has 0 aliphatic heterocycles. The first-order valence-electron chi connectivity index (χ1n) is 7.08. The number of nitrogens with zero attached hydrogens (tertiary/aromatic N) is 1. The van der Waals surface area contributed by atoms with Crippen molar-refractivity contribution in [1.82, 2.24) is 10.6 Å². The van der Waals surface area contributed by atoms with Crippen LogP contribution in [-0.4, -0.2) is 38.8 Å². The smallest absolute Gasteiger partial charge is 0.191 e. The number of ether oxygens (including phenoxy) is 1. The number of nitrogens with one attached hydrogen (secondary N) is 2. The summed E-state index contributed by atoms with van der Waals surface area (Å²) in [6.07, 6.45) is 5.55. The van der Waals surface area contributed by atoms with E-state index in [4.69, 9.17) is 4.74 Å². The maximum absolute atomic E-state index is 5.47. The summed E-state index contributed by atoms with van der Waals surface area (Å²) in [6.45, 7) is 5.56. The number of aliphatic imine (C=N–C) groups is 1. The molecule has 0 spiro atoms. The number of methoxy groups -OCH3 is 1. The van der Waals surface area contributed by atoms with Crippen LogP contribution in [0.4, 0.5) is 0 Å². The minimum absolute atomic E-state index is 0. The molecule has 0 aromatic rings. The molecule has 0 heterocycles. The van der Waals surface area contributed by atoms with Crippen molar-refractivity contribution in [2.24, 2.45) is 16.3 Å². The summed E-state index contributed by atoms with van der Waals surface area (Å²) in [6, 6.07) is 0.454. The predicted octanol–water partition coefficient (Wildman–Crippen LogP) is 2.38. The van der Waals surface area contributed by atoms with Gasteiger partial charge in [-0.05, 0) is 25.2 Å². The molecule has 0 saturated heterocycles. The Hall–Kier alpha value is -0.0400. The van der Waals surface area contributed by atoms with Crippen molar-refractivity contribution in [3.63, 3.8) is 0 Å². The van der Waals surface area contributed by atoms with Gasteiger partial charge in [0.05, 0.1) is 6.10 Å². The lowest BCUT2D eigenvalue weighted by Gasteiger charge is -2.51. The van der Waals surface area contributed by atoms with E-state index in [9.17, 15) is 0 Å². The molecule has 2 rings (SSSR count).